The van der Waals surface area contributed by atoms with E-state index in [2.05, 4.69) is 0 Å². The predicted molar refractivity (Wildman–Crippen MR) is 50.2 cm³/mol. The molecule has 1 rings (SSSR count). The molecular weight excluding hydrogens is 259 g/mol. The van der Waals surface area contributed by atoms with Gasteiger partial charge in [-0.25, -0.2) is 0 Å². The van der Waals surface area contributed by atoms with Gasteiger partial charge in [0.1, 0.15) is 5.69 Å². The number of hydrogen-bond acceptors (Lipinski definition) is 3. The van der Waals surface area contributed by atoms with Gasteiger partial charge in [0.05, 0.1) is 4.92 Å². The number of nitrogens with zero attached hydrogens (tertiary/aromatic N) is 1. The Morgan fingerprint density at radius 3 is 2.64 bits per heavy atom. The van der Waals surface area contributed by atoms with Crippen molar-refractivity contribution in [3.63, 3.8) is 0 Å². The first-order valence-corrected chi connectivity index (χ1v) is 3.88. The van der Waals surface area contributed by atoms with E-state index in [4.69, 9.17) is 5.73 Å². The Kier molecular flexibility index (Phi) is 2.28. The molecular formula is C6H5IN2O2. The fourth-order valence-corrected chi connectivity index (χ4v) is 1.21. The number of nitrogen functional groups attached to an aromatic ring is 1. The van der Waals surface area contributed by atoms with E-state index >= 15 is 0 Å². The molecule has 0 unspecified atom stereocenters. The normalized spacial score (nSPS) is 9.55. The van der Waals surface area contributed by atoms with Gasteiger partial charge in [0.25, 0.3) is 5.69 Å². The van der Waals surface area contributed by atoms with Crippen molar-refractivity contribution in [1.82, 2.24) is 0 Å². The number of nitro groups is 1. The first kappa shape index (κ1) is 8.25. The topological polar surface area (TPSA) is 69.2 Å². The van der Waals surface area contributed by atoms with E-state index in [1.807, 2.05) is 22.6 Å². The van der Waals surface area contributed by atoms with Crippen molar-refractivity contribution in [2.24, 2.45) is 0 Å². The highest BCUT2D eigenvalue weighted by molar-refractivity contribution is 14.1. The third-order valence-corrected chi connectivity index (χ3v) is 1.86. The predicted octanol–water partition coefficient (Wildman–Crippen LogP) is 1.78. The lowest BCUT2D eigenvalue weighted by Gasteiger charge is -1.95. The highest BCUT2D eigenvalue weighted by atomic mass is 127. The van der Waals surface area contributed by atoms with Gasteiger partial charge in [-0.15, -0.1) is 0 Å². The summed E-state index contributed by atoms with van der Waals surface area (Å²) < 4.78 is 0.894. The monoisotopic (exact) mass is 264 g/mol. The first-order chi connectivity index (χ1) is 5.11. The molecule has 1 aromatic carbocycles. The molecule has 0 saturated carbocycles. The minimum absolute atomic E-state index is 0.0367. The van der Waals surface area contributed by atoms with Gasteiger partial charge in [-0.1, -0.05) is 0 Å². The van der Waals surface area contributed by atoms with Crippen LogP contribution in [0.3, 0.4) is 0 Å². The smallest absolute Gasteiger partial charge is 0.292 e. The van der Waals surface area contributed by atoms with Crippen LogP contribution >= 0.6 is 22.6 Å². The van der Waals surface area contributed by atoms with E-state index in [9.17, 15) is 10.1 Å². The third kappa shape index (κ3) is 1.79. The maximum atomic E-state index is 10.3. The zero-order valence-corrected chi connectivity index (χ0v) is 7.61. The quantitative estimate of drug-likeness (QED) is 0.364. The van der Waals surface area contributed by atoms with Gasteiger partial charge in [0.2, 0.25) is 0 Å². The van der Waals surface area contributed by atoms with Crippen LogP contribution in [0.1, 0.15) is 0 Å². The van der Waals surface area contributed by atoms with Crippen molar-refractivity contribution in [1.29, 1.82) is 0 Å². The summed E-state index contributed by atoms with van der Waals surface area (Å²) in [4.78, 5) is 9.76. The molecule has 58 valence electrons. The zero-order valence-electron chi connectivity index (χ0n) is 5.45. The molecule has 1 aromatic rings. The number of nitro benzene ring substituents is 1. The molecule has 0 aliphatic heterocycles. The van der Waals surface area contributed by atoms with Crippen molar-refractivity contribution < 1.29 is 4.92 Å². The highest BCUT2D eigenvalue weighted by Crippen LogP contribution is 2.22. The SMILES string of the molecule is Nc1cc(I)ccc1[N+](=O)[O-]. The summed E-state index contributed by atoms with van der Waals surface area (Å²) in [5, 5.41) is 10.3. The van der Waals surface area contributed by atoms with Crippen LogP contribution in [-0.2, 0) is 0 Å². The Morgan fingerprint density at radius 1 is 1.55 bits per heavy atom. The Hall–Kier alpha value is -0.850. The van der Waals surface area contributed by atoms with E-state index in [1.165, 1.54) is 6.07 Å². The molecule has 0 amide bonds. The fourth-order valence-electron chi connectivity index (χ4n) is 0.692. The molecule has 0 spiro atoms. The summed E-state index contributed by atoms with van der Waals surface area (Å²) in [6.07, 6.45) is 0. The molecule has 5 heteroatoms. The average Bonchev–Trinajstić information content (AvgIpc) is 1.85. The van der Waals surface area contributed by atoms with Gasteiger partial charge in [-0.2, -0.15) is 0 Å². The van der Waals surface area contributed by atoms with Crippen LogP contribution in [0, 0.1) is 13.7 Å². The molecule has 0 aromatic heterocycles. The van der Waals surface area contributed by atoms with Gasteiger partial charge in [0, 0.05) is 9.64 Å². The molecule has 0 saturated heterocycles. The van der Waals surface area contributed by atoms with Gasteiger partial charge >= 0.3 is 0 Å². The summed E-state index contributed by atoms with van der Waals surface area (Å²) >= 11 is 2.04. The largest absolute Gasteiger partial charge is 0.393 e. The lowest BCUT2D eigenvalue weighted by Crippen LogP contribution is -1.95. The van der Waals surface area contributed by atoms with Gasteiger partial charge in [-0.05, 0) is 34.7 Å². The summed E-state index contributed by atoms with van der Waals surface area (Å²) in [6, 6.07) is 4.62. The van der Waals surface area contributed by atoms with Gasteiger partial charge < -0.3 is 5.73 Å². The summed E-state index contributed by atoms with van der Waals surface area (Å²) in [7, 11) is 0. The van der Waals surface area contributed by atoms with E-state index in [-0.39, 0.29) is 11.4 Å². The molecule has 0 atom stereocenters. The second-order valence-electron chi connectivity index (χ2n) is 1.96. The molecule has 4 nitrogen and oxygen atoms in total. The molecule has 0 bridgehead atoms. The lowest BCUT2D eigenvalue weighted by molar-refractivity contribution is -0.383. The van der Waals surface area contributed by atoms with Crippen molar-refractivity contribution in [3.05, 3.63) is 31.9 Å². The van der Waals surface area contributed by atoms with Crippen molar-refractivity contribution in [3.8, 4) is 0 Å². The summed E-state index contributed by atoms with van der Waals surface area (Å²) in [5.74, 6) is 0. The van der Waals surface area contributed by atoms with E-state index in [0.29, 0.717) is 0 Å². The Balaban J connectivity index is 3.20. The van der Waals surface area contributed by atoms with E-state index < -0.39 is 4.92 Å². The van der Waals surface area contributed by atoms with Crippen LogP contribution in [0.25, 0.3) is 0 Å². The van der Waals surface area contributed by atoms with E-state index in [1.54, 1.807) is 12.1 Å². The summed E-state index contributed by atoms with van der Waals surface area (Å²) in [6.45, 7) is 0. The Bertz CT molecular complexity index is 301. The van der Waals surface area contributed by atoms with Crippen LogP contribution in [0.2, 0.25) is 0 Å². The highest BCUT2D eigenvalue weighted by Gasteiger charge is 2.09. The fraction of sp³-hybridized carbons (Fsp3) is 0. The second-order valence-corrected chi connectivity index (χ2v) is 3.21. The number of anilines is 1. The van der Waals surface area contributed by atoms with Crippen LogP contribution in [-0.4, -0.2) is 4.92 Å². The summed E-state index contributed by atoms with van der Waals surface area (Å²) in [5.41, 5.74) is 5.55. The zero-order chi connectivity index (χ0) is 8.43. The number of halogens is 1. The number of benzene rings is 1. The molecule has 0 aliphatic carbocycles. The second kappa shape index (κ2) is 3.04. The van der Waals surface area contributed by atoms with Crippen molar-refractivity contribution in [2.45, 2.75) is 0 Å². The van der Waals surface area contributed by atoms with Crippen molar-refractivity contribution in [2.75, 3.05) is 5.73 Å². The number of hydrogen-bond donors (Lipinski definition) is 1. The average molecular weight is 264 g/mol. The minimum Gasteiger partial charge on any atom is -0.393 e. The Morgan fingerprint density at radius 2 is 2.18 bits per heavy atom. The third-order valence-electron chi connectivity index (χ3n) is 1.19. The molecule has 0 radical (unpaired) electrons. The lowest BCUT2D eigenvalue weighted by atomic mass is 10.3. The van der Waals surface area contributed by atoms with Crippen LogP contribution in [0.5, 0.6) is 0 Å². The minimum atomic E-state index is -0.495. The standard InChI is InChI=1S/C6H5IN2O2/c7-4-1-2-6(9(10)11)5(8)3-4/h1-3H,8H2. The van der Waals surface area contributed by atoms with Crippen LogP contribution in [0.15, 0.2) is 18.2 Å². The Labute approximate surface area is 76.7 Å². The van der Waals surface area contributed by atoms with Crippen LogP contribution in [0.4, 0.5) is 11.4 Å². The van der Waals surface area contributed by atoms with E-state index in [0.717, 1.165) is 3.57 Å². The van der Waals surface area contributed by atoms with Crippen LogP contribution < -0.4 is 5.73 Å². The van der Waals surface area contributed by atoms with Gasteiger partial charge in [-0.3, -0.25) is 10.1 Å². The molecule has 0 heterocycles. The maximum Gasteiger partial charge on any atom is 0.292 e. The molecule has 11 heavy (non-hydrogen) atoms. The number of nitrogens with two attached hydrogens (primary N) is 1. The number of rotatable bonds is 1. The molecule has 0 aliphatic rings. The van der Waals surface area contributed by atoms with Gasteiger partial charge in [0.15, 0.2) is 0 Å². The molecule has 0 fully saturated rings. The molecule has 2 N–H and O–H groups in total. The first-order valence-electron chi connectivity index (χ1n) is 2.80. The maximum absolute atomic E-state index is 10.3. The van der Waals surface area contributed by atoms with Crippen molar-refractivity contribution >= 4 is 34.0 Å².